The van der Waals surface area contributed by atoms with Crippen molar-refractivity contribution in [1.82, 2.24) is 24.6 Å². The molecule has 0 radical (unpaired) electrons. The van der Waals surface area contributed by atoms with Crippen molar-refractivity contribution < 1.29 is 9.53 Å². The first kappa shape index (κ1) is 21.3. The molecule has 3 heterocycles. The van der Waals surface area contributed by atoms with Crippen LogP contribution in [-0.2, 0) is 6.54 Å². The second kappa shape index (κ2) is 7.96. The van der Waals surface area contributed by atoms with Crippen LogP contribution in [0.15, 0.2) is 24.4 Å². The zero-order valence-electron chi connectivity index (χ0n) is 18.7. The van der Waals surface area contributed by atoms with Gasteiger partial charge >= 0.3 is 0 Å². The van der Waals surface area contributed by atoms with Gasteiger partial charge in [0.2, 0.25) is 0 Å². The fourth-order valence-corrected chi connectivity index (χ4v) is 3.88. The minimum absolute atomic E-state index is 0.0602. The van der Waals surface area contributed by atoms with E-state index in [1.54, 1.807) is 22.7 Å². The van der Waals surface area contributed by atoms with Crippen molar-refractivity contribution in [2.75, 3.05) is 12.8 Å². The van der Waals surface area contributed by atoms with Crippen molar-refractivity contribution in [3.63, 3.8) is 0 Å². The van der Waals surface area contributed by atoms with Gasteiger partial charge in [0.1, 0.15) is 17.9 Å². The molecule has 0 saturated carbocycles. The summed E-state index contributed by atoms with van der Waals surface area (Å²) in [6.45, 7) is 7.88. The SMILES string of the molecule is Cc1ccc2c(c1)[C@@H](C)Oc1nc(cnc1N)-c1c(nn(C(C)C)c1C#N)CN(C)C2=O. The lowest BCUT2D eigenvalue weighted by Gasteiger charge is -2.23. The number of carbonyl (C=O) groups excluding carboxylic acids is 1. The molecule has 1 aliphatic rings. The number of nitrogen functional groups attached to an aromatic ring is 1. The summed E-state index contributed by atoms with van der Waals surface area (Å²) in [4.78, 5) is 23.9. The Morgan fingerprint density at radius 1 is 1.34 bits per heavy atom. The van der Waals surface area contributed by atoms with E-state index in [0.717, 1.165) is 11.1 Å². The molecule has 164 valence electrons. The van der Waals surface area contributed by atoms with Crippen LogP contribution in [0.3, 0.4) is 0 Å². The Morgan fingerprint density at radius 3 is 2.78 bits per heavy atom. The lowest BCUT2D eigenvalue weighted by atomic mass is 9.99. The summed E-state index contributed by atoms with van der Waals surface area (Å²) in [7, 11) is 1.72. The number of aromatic nitrogens is 4. The van der Waals surface area contributed by atoms with Crippen LogP contribution >= 0.6 is 0 Å². The molecule has 9 heteroatoms. The quantitative estimate of drug-likeness (QED) is 0.626. The number of aryl methyl sites for hydroxylation is 1. The van der Waals surface area contributed by atoms with Crippen molar-refractivity contribution >= 4 is 11.7 Å². The van der Waals surface area contributed by atoms with Crippen molar-refractivity contribution in [3.8, 4) is 23.2 Å². The summed E-state index contributed by atoms with van der Waals surface area (Å²) in [5, 5.41) is 14.6. The third-order valence-electron chi connectivity index (χ3n) is 5.50. The fourth-order valence-electron chi connectivity index (χ4n) is 3.88. The summed E-state index contributed by atoms with van der Waals surface area (Å²) in [6, 6.07) is 7.80. The number of fused-ring (bicyclic) bond motifs is 5. The third-order valence-corrected chi connectivity index (χ3v) is 5.50. The number of rotatable bonds is 1. The maximum absolute atomic E-state index is 13.4. The molecule has 1 aromatic carbocycles. The number of anilines is 1. The highest BCUT2D eigenvalue weighted by Crippen LogP contribution is 2.34. The van der Waals surface area contributed by atoms with Gasteiger partial charge in [0.05, 0.1) is 29.7 Å². The number of hydrogen-bond acceptors (Lipinski definition) is 7. The molecule has 4 rings (SSSR count). The predicted molar refractivity (Wildman–Crippen MR) is 119 cm³/mol. The van der Waals surface area contributed by atoms with Crippen molar-refractivity contribution in [3.05, 3.63) is 52.5 Å². The van der Waals surface area contributed by atoms with Crippen LogP contribution in [0.2, 0.25) is 0 Å². The Bertz CT molecular complexity index is 1260. The fraction of sp³-hybridized carbons (Fsp3) is 0.348. The summed E-state index contributed by atoms with van der Waals surface area (Å²) in [5.74, 6) is 0.116. The van der Waals surface area contributed by atoms with E-state index in [4.69, 9.17) is 10.5 Å². The van der Waals surface area contributed by atoms with Gasteiger partial charge in [-0.05, 0) is 33.8 Å². The standard InChI is InChI=1S/C23H25N7O2/c1-12(2)30-19(9-24)20-17-10-26-21(25)22(27-17)32-14(4)16-8-13(3)6-7-15(16)23(31)29(5)11-18(20)28-30/h6-8,10,12,14H,11H2,1-5H3,(H2,25,26)/t14-/m1/s1. The van der Waals surface area contributed by atoms with Gasteiger partial charge in [-0.15, -0.1) is 0 Å². The topological polar surface area (TPSA) is 123 Å². The molecule has 1 atom stereocenters. The molecule has 1 amide bonds. The Labute approximate surface area is 186 Å². The number of amides is 1. The molecule has 0 saturated heterocycles. The predicted octanol–water partition coefficient (Wildman–Crippen LogP) is 3.41. The lowest BCUT2D eigenvalue weighted by Crippen LogP contribution is -2.28. The molecule has 0 fully saturated rings. The summed E-state index contributed by atoms with van der Waals surface area (Å²) in [5.41, 5.74) is 10.2. The van der Waals surface area contributed by atoms with Gasteiger partial charge in [0, 0.05) is 24.2 Å². The molecule has 0 aliphatic carbocycles. The van der Waals surface area contributed by atoms with Gasteiger partial charge in [-0.2, -0.15) is 10.4 Å². The molecule has 0 unspecified atom stereocenters. The zero-order valence-corrected chi connectivity index (χ0v) is 18.7. The first-order chi connectivity index (χ1) is 15.2. The number of nitrogens with two attached hydrogens (primary N) is 1. The van der Waals surface area contributed by atoms with Crippen molar-refractivity contribution in [2.45, 2.75) is 46.4 Å². The molecule has 2 bridgehead atoms. The molecule has 2 N–H and O–H groups in total. The summed E-state index contributed by atoms with van der Waals surface area (Å²) in [6.07, 6.45) is 1.01. The van der Waals surface area contributed by atoms with E-state index < -0.39 is 6.10 Å². The van der Waals surface area contributed by atoms with Crippen LogP contribution in [0.25, 0.3) is 11.3 Å². The molecule has 0 spiro atoms. The number of nitriles is 1. The Morgan fingerprint density at radius 2 is 2.09 bits per heavy atom. The number of hydrogen-bond donors (Lipinski definition) is 1. The highest BCUT2D eigenvalue weighted by atomic mass is 16.5. The zero-order chi connectivity index (χ0) is 23.2. The van der Waals surface area contributed by atoms with Crippen LogP contribution in [0.5, 0.6) is 5.88 Å². The average molecular weight is 432 g/mol. The van der Waals surface area contributed by atoms with Crippen LogP contribution < -0.4 is 10.5 Å². The normalized spacial score (nSPS) is 15.8. The highest BCUT2D eigenvalue weighted by molar-refractivity contribution is 5.96. The van der Waals surface area contributed by atoms with Gasteiger partial charge in [0.25, 0.3) is 11.8 Å². The molecule has 1 aliphatic heterocycles. The third kappa shape index (κ3) is 3.54. The molecule has 2 aromatic heterocycles. The maximum atomic E-state index is 13.4. The van der Waals surface area contributed by atoms with Crippen LogP contribution in [0, 0.1) is 18.3 Å². The van der Waals surface area contributed by atoms with Crippen LogP contribution in [0.1, 0.15) is 65.8 Å². The van der Waals surface area contributed by atoms with Gasteiger partial charge in [-0.1, -0.05) is 17.7 Å². The monoisotopic (exact) mass is 431 g/mol. The lowest BCUT2D eigenvalue weighted by molar-refractivity contribution is 0.0778. The highest BCUT2D eigenvalue weighted by Gasteiger charge is 2.28. The Balaban J connectivity index is 1.99. The minimum Gasteiger partial charge on any atom is -0.467 e. The van der Waals surface area contributed by atoms with E-state index in [2.05, 4.69) is 21.1 Å². The number of carbonyl (C=O) groups is 1. The van der Waals surface area contributed by atoms with E-state index in [0.29, 0.717) is 28.2 Å². The van der Waals surface area contributed by atoms with Crippen molar-refractivity contribution in [2.24, 2.45) is 0 Å². The van der Waals surface area contributed by atoms with E-state index in [9.17, 15) is 10.1 Å². The van der Waals surface area contributed by atoms with Crippen LogP contribution in [0.4, 0.5) is 5.82 Å². The molecule has 32 heavy (non-hydrogen) atoms. The first-order valence-electron chi connectivity index (χ1n) is 10.4. The first-order valence-corrected chi connectivity index (χ1v) is 10.4. The summed E-state index contributed by atoms with van der Waals surface area (Å²) >= 11 is 0. The number of ether oxygens (including phenoxy) is 1. The van der Waals surface area contributed by atoms with Gasteiger partial charge in [0.15, 0.2) is 5.82 Å². The van der Waals surface area contributed by atoms with Gasteiger partial charge < -0.3 is 15.4 Å². The van der Waals surface area contributed by atoms with E-state index in [-0.39, 0.29) is 30.2 Å². The van der Waals surface area contributed by atoms with E-state index in [1.807, 2.05) is 39.8 Å². The van der Waals surface area contributed by atoms with Gasteiger partial charge in [-0.3, -0.25) is 9.48 Å². The molecular weight excluding hydrogens is 406 g/mol. The number of benzene rings is 1. The molecule has 9 nitrogen and oxygen atoms in total. The maximum Gasteiger partial charge on any atom is 0.258 e. The Hall–Kier alpha value is -3.93. The summed E-state index contributed by atoms with van der Waals surface area (Å²) < 4.78 is 7.73. The molecular formula is C23H25N7O2. The van der Waals surface area contributed by atoms with Gasteiger partial charge in [-0.25, -0.2) is 9.97 Å². The Kier molecular flexibility index (Phi) is 5.30. The van der Waals surface area contributed by atoms with E-state index in [1.165, 1.54) is 6.20 Å². The second-order valence-electron chi connectivity index (χ2n) is 8.28. The number of nitrogens with zero attached hydrogens (tertiary/aromatic N) is 6. The second-order valence-corrected chi connectivity index (χ2v) is 8.28. The average Bonchev–Trinajstić information content (AvgIpc) is 3.12. The minimum atomic E-state index is -0.498. The van der Waals surface area contributed by atoms with E-state index >= 15 is 0 Å². The largest absolute Gasteiger partial charge is 0.467 e. The van der Waals surface area contributed by atoms with Crippen LogP contribution in [-0.4, -0.2) is 37.6 Å². The molecule has 3 aromatic rings. The van der Waals surface area contributed by atoms with Crippen molar-refractivity contribution in [1.29, 1.82) is 5.26 Å². The smallest absolute Gasteiger partial charge is 0.258 e.